The van der Waals surface area contributed by atoms with E-state index in [1.807, 2.05) is 42.6 Å². The molecule has 45 heavy (non-hydrogen) atoms. The molecular formula is C34H32F3N3O5. The van der Waals surface area contributed by atoms with Crippen molar-refractivity contribution < 1.29 is 38.4 Å². The van der Waals surface area contributed by atoms with E-state index in [1.165, 1.54) is 19.2 Å². The Labute approximate surface area is 257 Å². The van der Waals surface area contributed by atoms with Gasteiger partial charge in [0.25, 0.3) is 5.91 Å². The second-order valence-electron chi connectivity index (χ2n) is 11.0. The summed E-state index contributed by atoms with van der Waals surface area (Å²) < 4.78 is 56.9. The Morgan fingerprint density at radius 2 is 1.87 bits per heavy atom. The molecule has 6 aromatic rings. The number of hydrogen-bond donors (Lipinski definition) is 2. The maximum Gasteiger partial charge on any atom is 0.573 e. The number of halogens is 3. The summed E-state index contributed by atoms with van der Waals surface area (Å²) in [6.45, 7) is 3.78. The fourth-order valence-corrected chi connectivity index (χ4v) is 5.60. The average Bonchev–Trinajstić information content (AvgIpc) is 3.61. The van der Waals surface area contributed by atoms with Crippen molar-refractivity contribution in [3.63, 3.8) is 0 Å². The number of nitrogens with zero attached hydrogens (tertiary/aromatic N) is 2. The molecule has 6 rings (SSSR count). The van der Waals surface area contributed by atoms with Crippen LogP contribution in [0, 0.1) is 0 Å². The van der Waals surface area contributed by atoms with Gasteiger partial charge in [-0.2, -0.15) is 0 Å². The minimum absolute atomic E-state index is 0. The molecule has 0 bridgehead atoms. The van der Waals surface area contributed by atoms with Gasteiger partial charge in [0.2, 0.25) is 0 Å². The van der Waals surface area contributed by atoms with Gasteiger partial charge in [-0.05, 0) is 68.3 Å². The molecule has 0 radical (unpaired) electrons. The lowest BCUT2D eigenvalue weighted by Gasteiger charge is -2.18. The zero-order chi connectivity index (χ0) is 31.9. The molecule has 2 N–H and O–H groups in total. The lowest BCUT2D eigenvalue weighted by atomic mass is 10.0. The Balaban J connectivity index is 0.00000417. The molecule has 11 heteroatoms. The number of aliphatic hydroxyl groups excluding tert-OH is 1. The van der Waals surface area contributed by atoms with Crippen molar-refractivity contribution in [3.05, 3.63) is 90.1 Å². The molecule has 1 atom stereocenters. The van der Waals surface area contributed by atoms with Gasteiger partial charge in [0, 0.05) is 35.3 Å². The molecule has 0 aliphatic heterocycles. The van der Waals surface area contributed by atoms with Crippen molar-refractivity contribution in [2.24, 2.45) is 0 Å². The van der Waals surface area contributed by atoms with Crippen LogP contribution in [-0.4, -0.2) is 46.7 Å². The number of ether oxygens (including phenoxy) is 2. The highest BCUT2D eigenvalue weighted by Gasteiger charge is 2.31. The lowest BCUT2D eigenvalue weighted by molar-refractivity contribution is -0.274. The third kappa shape index (κ3) is 6.03. The van der Waals surface area contributed by atoms with E-state index in [0.717, 1.165) is 34.0 Å². The molecule has 0 unspecified atom stereocenters. The largest absolute Gasteiger partial charge is 0.573 e. The number of furan rings is 1. The Hall–Kier alpha value is -5.03. The number of carbonyl (C=O) groups is 1. The number of para-hydroxylation sites is 2. The summed E-state index contributed by atoms with van der Waals surface area (Å²) in [5.41, 5.74) is 3.04. The second kappa shape index (κ2) is 11.8. The maximum atomic E-state index is 13.9. The van der Waals surface area contributed by atoms with Gasteiger partial charge >= 0.3 is 6.36 Å². The summed E-state index contributed by atoms with van der Waals surface area (Å²) in [6, 6.07) is 19.6. The number of amides is 1. The fraction of sp³-hybridized carbons (Fsp3) is 0.235. The van der Waals surface area contributed by atoms with E-state index < -0.39 is 24.1 Å². The number of fused-ring (bicyclic) bond motifs is 3. The van der Waals surface area contributed by atoms with Crippen LogP contribution in [-0.2, 0) is 6.42 Å². The van der Waals surface area contributed by atoms with Gasteiger partial charge in [-0.25, -0.2) is 4.98 Å². The quantitative estimate of drug-likeness (QED) is 0.172. The van der Waals surface area contributed by atoms with E-state index >= 15 is 0 Å². The standard InChI is InChI=1S/C34H30F3N3O5.H2/c1-19(2)40-17-21(24-8-4-5-9-29(24)40)13-22(18-41)38-33(42)26-16-28(31-14-20-7-6-10-30(43-3)32(20)44-31)39-27-12-11-23(15-25(26)27)45-34(35,36)37;/h4-12,14-17,19,22,41H,13,18H2,1-3H3,(H,38,42);1H/t22-;/m1./s1. The van der Waals surface area contributed by atoms with E-state index in [9.17, 15) is 23.1 Å². The second-order valence-corrected chi connectivity index (χ2v) is 11.0. The summed E-state index contributed by atoms with van der Waals surface area (Å²) in [6.07, 6.45) is -2.58. The van der Waals surface area contributed by atoms with Gasteiger partial charge in [-0.15, -0.1) is 13.2 Å². The van der Waals surface area contributed by atoms with Crippen molar-refractivity contribution in [2.45, 2.75) is 38.7 Å². The highest BCUT2D eigenvalue weighted by molar-refractivity contribution is 6.07. The Kier molecular flexibility index (Phi) is 7.88. The highest BCUT2D eigenvalue weighted by atomic mass is 19.4. The monoisotopic (exact) mass is 619 g/mol. The van der Waals surface area contributed by atoms with E-state index in [-0.39, 0.29) is 36.2 Å². The van der Waals surface area contributed by atoms with Crippen LogP contribution in [0.15, 0.2) is 83.4 Å². The minimum Gasteiger partial charge on any atom is -0.493 e. The molecule has 0 saturated heterocycles. The fourth-order valence-electron chi connectivity index (χ4n) is 5.60. The molecule has 1 amide bonds. The van der Waals surface area contributed by atoms with Gasteiger partial charge < -0.3 is 28.9 Å². The van der Waals surface area contributed by atoms with Crippen molar-refractivity contribution in [3.8, 4) is 23.0 Å². The number of pyridine rings is 1. The molecule has 3 aromatic carbocycles. The first-order valence-corrected chi connectivity index (χ1v) is 14.3. The first-order chi connectivity index (χ1) is 21.5. The van der Waals surface area contributed by atoms with Gasteiger partial charge in [-0.3, -0.25) is 4.79 Å². The number of carbonyl (C=O) groups excluding carboxylic acids is 1. The van der Waals surface area contributed by atoms with Gasteiger partial charge in [-0.1, -0.05) is 30.3 Å². The van der Waals surface area contributed by atoms with Crippen LogP contribution < -0.4 is 14.8 Å². The summed E-state index contributed by atoms with van der Waals surface area (Å²) in [4.78, 5) is 18.5. The van der Waals surface area contributed by atoms with Gasteiger partial charge in [0.05, 0.1) is 30.8 Å². The van der Waals surface area contributed by atoms with E-state index in [0.29, 0.717) is 23.5 Å². The number of rotatable bonds is 9. The summed E-state index contributed by atoms with van der Waals surface area (Å²) >= 11 is 0. The van der Waals surface area contributed by atoms with E-state index in [4.69, 9.17) is 9.15 Å². The number of benzene rings is 3. The number of aliphatic hydroxyl groups is 1. The van der Waals surface area contributed by atoms with Crippen molar-refractivity contribution in [1.82, 2.24) is 14.9 Å². The van der Waals surface area contributed by atoms with E-state index in [1.54, 1.807) is 12.1 Å². The van der Waals surface area contributed by atoms with Crippen LogP contribution >= 0.6 is 0 Å². The first-order valence-electron chi connectivity index (χ1n) is 14.3. The number of methoxy groups -OCH3 is 1. The van der Waals surface area contributed by atoms with Gasteiger partial charge in [0.1, 0.15) is 11.4 Å². The Bertz CT molecular complexity index is 2040. The number of nitrogens with one attached hydrogen (secondary N) is 1. The molecule has 3 heterocycles. The molecule has 0 aliphatic rings. The third-order valence-corrected chi connectivity index (χ3v) is 7.64. The normalized spacial score (nSPS) is 12.7. The molecule has 0 aliphatic carbocycles. The third-order valence-electron chi connectivity index (χ3n) is 7.64. The van der Waals surface area contributed by atoms with Gasteiger partial charge in [0.15, 0.2) is 17.1 Å². The predicted molar refractivity (Wildman–Crippen MR) is 167 cm³/mol. The number of hydrogen-bond acceptors (Lipinski definition) is 6. The molecule has 8 nitrogen and oxygen atoms in total. The predicted octanol–water partition coefficient (Wildman–Crippen LogP) is 7.67. The van der Waals surface area contributed by atoms with Crippen LogP contribution in [0.5, 0.6) is 11.5 Å². The lowest BCUT2D eigenvalue weighted by Crippen LogP contribution is -2.39. The zero-order valence-corrected chi connectivity index (χ0v) is 24.7. The van der Waals surface area contributed by atoms with Crippen LogP contribution in [0.2, 0.25) is 0 Å². The molecule has 0 saturated carbocycles. The maximum absolute atomic E-state index is 13.9. The Morgan fingerprint density at radius 3 is 2.60 bits per heavy atom. The topological polar surface area (TPSA) is 98.8 Å². The van der Waals surface area contributed by atoms with Crippen LogP contribution in [0.4, 0.5) is 13.2 Å². The van der Waals surface area contributed by atoms with Crippen LogP contribution in [0.1, 0.15) is 37.2 Å². The SMILES string of the molecule is COc1cccc2cc(-c3cc(C(=O)N[C@@H](CO)Cc4cn(C(C)C)c5ccccc45)c4cc(OC(F)(F)F)ccc4n3)oc12.[HH]. The smallest absolute Gasteiger partial charge is 0.493 e. The van der Waals surface area contributed by atoms with Crippen LogP contribution in [0.25, 0.3) is 44.2 Å². The summed E-state index contributed by atoms with van der Waals surface area (Å²) in [5.74, 6) is -0.252. The van der Waals surface area contributed by atoms with Crippen molar-refractivity contribution >= 4 is 38.7 Å². The van der Waals surface area contributed by atoms with Crippen molar-refractivity contribution in [1.29, 1.82) is 0 Å². The van der Waals surface area contributed by atoms with Crippen molar-refractivity contribution in [2.75, 3.05) is 13.7 Å². The summed E-state index contributed by atoms with van der Waals surface area (Å²) in [7, 11) is 1.52. The Morgan fingerprint density at radius 1 is 1.07 bits per heavy atom. The number of aromatic nitrogens is 2. The zero-order valence-electron chi connectivity index (χ0n) is 24.7. The van der Waals surface area contributed by atoms with E-state index in [2.05, 4.69) is 33.5 Å². The number of alkyl halides is 3. The summed E-state index contributed by atoms with van der Waals surface area (Å²) in [5, 5.41) is 15.1. The first kappa shape index (κ1) is 30.0. The molecule has 234 valence electrons. The minimum atomic E-state index is -4.92. The average molecular weight is 620 g/mol. The highest BCUT2D eigenvalue weighted by Crippen LogP contribution is 2.35. The van der Waals surface area contributed by atoms with Crippen LogP contribution in [0.3, 0.4) is 0 Å². The molecule has 0 spiro atoms. The molecule has 0 fully saturated rings. The molecule has 3 aromatic heterocycles. The molecular weight excluding hydrogens is 587 g/mol.